The van der Waals surface area contributed by atoms with Crippen molar-refractivity contribution in [2.75, 3.05) is 20.2 Å². The molecule has 3 saturated heterocycles. The number of allylic oxidation sites excluding steroid dienone is 1. The molecule has 178 valence electrons. The number of benzene rings is 2. The number of rotatable bonds is 5. The van der Waals surface area contributed by atoms with Crippen LogP contribution in [0.25, 0.3) is 10.9 Å². The van der Waals surface area contributed by atoms with E-state index in [2.05, 4.69) is 27.8 Å². The van der Waals surface area contributed by atoms with E-state index in [1.165, 1.54) is 6.92 Å². The smallest absolute Gasteiger partial charge is 0.303 e. The molecule has 5 heteroatoms. The van der Waals surface area contributed by atoms with E-state index in [0.717, 1.165) is 53.7 Å². The van der Waals surface area contributed by atoms with Gasteiger partial charge in [-0.05, 0) is 73.7 Å². The van der Waals surface area contributed by atoms with E-state index >= 15 is 0 Å². The predicted octanol–water partition coefficient (Wildman–Crippen LogP) is 5.17. The average Bonchev–Trinajstić information content (AvgIpc) is 2.90. The van der Waals surface area contributed by atoms with E-state index in [4.69, 9.17) is 9.47 Å². The van der Waals surface area contributed by atoms with Crippen LogP contribution in [0.3, 0.4) is 0 Å². The van der Waals surface area contributed by atoms with Crippen molar-refractivity contribution in [3.8, 4) is 17.6 Å². The van der Waals surface area contributed by atoms with Gasteiger partial charge in [0.25, 0.3) is 0 Å². The highest BCUT2D eigenvalue weighted by atomic mass is 16.5. The summed E-state index contributed by atoms with van der Waals surface area (Å²) in [6, 6.07) is 18.0. The highest BCUT2D eigenvalue weighted by molar-refractivity contribution is 5.84. The molecule has 3 aliphatic rings. The maximum absolute atomic E-state index is 12.2. The number of esters is 1. The summed E-state index contributed by atoms with van der Waals surface area (Å²) in [5.74, 6) is 7.89. The lowest BCUT2D eigenvalue weighted by molar-refractivity contribution is -0.154. The Kier molecular flexibility index (Phi) is 6.83. The molecule has 1 aromatic heterocycles. The Balaban J connectivity index is 1.38. The number of pyridine rings is 1. The molecule has 1 unspecified atom stereocenters. The third-order valence-corrected chi connectivity index (χ3v) is 7.20. The number of aromatic nitrogens is 1. The maximum Gasteiger partial charge on any atom is 0.303 e. The first kappa shape index (κ1) is 23.1. The number of carbonyl (C=O) groups excluding carboxylic acids is 1. The summed E-state index contributed by atoms with van der Waals surface area (Å²) in [5.41, 5.74) is 2.88. The van der Waals surface area contributed by atoms with Gasteiger partial charge in [-0.15, -0.1) is 0 Å². The van der Waals surface area contributed by atoms with Crippen molar-refractivity contribution in [3.63, 3.8) is 0 Å². The van der Waals surface area contributed by atoms with E-state index in [-0.39, 0.29) is 18.1 Å². The van der Waals surface area contributed by atoms with Gasteiger partial charge in [0.2, 0.25) is 0 Å². The fourth-order valence-electron chi connectivity index (χ4n) is 5.51. The van der Waals surface area contributed by atoms with Crippen LogP contribution in [0.5, 0.6) is 5.75 Å². The van der Waals surface area contributed by atoms with E-state index in [1.54, 1.807) is 13.3 Å². The third-order valence-electron chi connectivity index (χ3n) is 7.20. The van der Waals surface area contributed by atoms with E-state index in [0.29, 0.717) is 11.8 Å². The average molecular weight is 467 g/mol. The fourth-order valence-corrected chi connectivity index (χ4v) is 5.51. The first-order chi connectivity index (χ1) is 17.1. The molecular weight excluding hydrogens is 436 g/mol. The lowest BCUT2D eigenvalue weighted by Gasteiger charge is -2.51. The van der Waals surface area contributed by atoms with Crippen LogP contribution >= 0.6 is 0 Å². The Morgan fingerprint density at radius 1 is 1.20 bits per heavy atom. The molecule has 0 radical (unpaired) electrons. The van der Waals surface area contributed by atoms with Gasteiger partial charge in [0.15, 0.2) is 0 Å². The summed E-state index contributed by atoms with van der Waals surface area (Å²) in [6.07, 6.45) is 7.84. The van der Waals surface area contributed by atoms with Gasteiger partial charge in [-0.2, -0.15) is 0 Å². The minimum Gasteiger partial charge on any atom is -0.497 e. The van der Waals surface area contributed by atoms with Crippen molar-refractivity contribution in [2.24, 2.45) is 11.8 Å². The zero-order valence-corrected chi connectivity index (χ0v) is 20.2. The van der Waals surface area contributed by atoms with Crippen LogP contribution in [0.2, 0.25) is 0 Å². The minimum atomic E-state index is -0.351. The van der Waals surface area contributed by atoms with Gasteiger partial charge < -0.3 is 9.47 Å². The molecule has 35 heavy (non-hydrogen) atoms. The molecule has 6 rings (SSSR count). The van der Waals surface area contributed by atoms with Gasteiger partial charge in [-0.1, -0.05) is 36.1 Å². The van der Waals surface area contributed by atoms with Crippen molar-refractivity contribution >= 4 is 16.9 Å². The number of hydrogen-bond acceptors (Lipinski definition) is 5. The molecular formula is C30H30N2O3. The van der Waals surface area contributed by atoms with Crippen molar-refractivity contribution in [1.29, 1.82) is 0 Å². The molecule has 5 atom stereocenters. The molecule has 0 aliphatic carbocycles. The molecule has 3 aliphatic heterocycles. The zero-order chi connectivity index (χ0) is 24.2. The molecule has 5 nitrogen and oxygen atoms in total. The second kappa shape index (κ2) is 10.3. The van der Waals surface area contributed by atoms with Gasteiger partial charge in [0.1, 0.15) is 11.9 Å². The van der Waals surface area contributed by atoms with Crippen molar-refractivity contribution in [1.82, 2.24) is 9.88 Å². The van der Waals surface area contributed by atoms with Crippen molar-refractivity contribution in [2.45, 2.75) is 31.9 Å². The second-order valence-corrected chi connectivity index (χ2v) is 9.32. The number of piperidine rings is 3. The van der Waals surface area contributed by atoms with Gasteiger partial charge in [-0.3, -0.25) is 14.7 Å². The van der Waals surface area contributed by atoms with Crippen molar-refractivity contribution < 1.29 is 14.3 Å². The summed E-state index contributed by atoms with van der Waals surface area (Å²) in [6.45, 7) is 3.45. The highest BCUT2D eigenvalue weighted by Gasteiger charge is 2.44. The normalized spacial score (nSPS) is 24.1. The lowest BCUT2D eigenvalue weighted by atomic mass is 9.73. The molecule has 4 heterocycles. The number of hydrogen-bond donors (Lipinski definition) is 0. The molecule has 2 bridgehead atoms. The van der Waals surface area contributed by atoms with E-state index in [1.807, 2.05) is 60.7 Å². The molecule has 0 N–H and O–H groups in total. The van der Waals surface area contributed by atoms with Crippen LogP contribution in [0.1, 0.15) is 37.0 Å². The number of carbonyl (C=O) groups is 1. The van der Waals surface area contributed by atoms with Crippen LogP contribution < -0.4 is 4.74 Å². The fraction of sp³-hybridized carbons (Fsp3) is 0.333. The first-order valence-electron chi connectivity index (χ1n) is 12.2. The summed E-state index contributed by atoms with van der Waals surface area (Å²) in [7, 11) is 1.66. The molecule has 0 amide bonds. The largest absolute Gasteiger partial charge is 0.497 e. The van der Waals surface area contributed by atoms with Gasteiger partial charge >= 0.3 is 5.97 Å². The van der Waals surface area contributed by atoms with Crippen LogP contribution in [0.4, 0.5) is 0 Å². The number of methoxy groups -OCH3 is 1. The Morgan fingerprint density at radius 2 is 2.06 bits per heavy atom. The summed E-state index contributed by atoms with van der Waals surface area (Å²) >= 11 is 0. The Morgan fingerprint density at radius 3 is 2.80 bits per heavy atom. The molecule has 2 aromatic carbocycles. The topological polar surface area (TPSA) is 51.7 Å². The number of nitrogens with zero attached hydrogens (tertiary/aromatic N) is 2. The third kappa shape index (κ3) is 5.08. The Labute approximate surface area is 206 Å². The summed E-state index contributed by atoms with van der Waals surface area (Å²) in [4.78, 5) is 19.2. The Hall–Kier alpha value is -3.62. The minimum absolute atomic E-state index is 0.134. The highest BCUT2D eigenvalue weighted by Crippen LogP contribution is 2.43. The monoisotopic (exact) mass is 466 g/mol. The van der Waals surface area contributed by atoms with Crippen LogP contribution in [-0.4, -0.2) is 42.1 Å². The van der Waals surface area contributed by atoms with Gasteiger partial charge in [0.05, 0.1) is 18.7 Å². The summed E-state index contributed by atoms with van der Waals surface area (Å²) < 4.78 is 11.5. The summed E-state index contributed by atoms with van der Waals surface area (Å²) in [5, 5.41) is 0.966. The van der Waals surface area contributed by atoms with Gasteiger partial charge in [-0.25, -0.2) is 0 Å². The Bertz CT molecular complexity index is 1290. The predicted molar refractivity (Wildman–Crippen MR) is 137 cm³/mol. The van der Waals surface area contributed by atoms with E-state index < -0.39 is 0 Å². The van der Waals surface area contributed by atoms with Crippen LogP contribution in [0.15, 0.2) is 72.9 Å². The van der Waals surface area contributed by atoms with Crippen LogP contribution in [0, 0.1) is 23.7 Å². The SMILES string of the molecule is COc1ccc2nccc([C@H](OC(C)=O)[C@H]3C[C@@H]4CCN3C[C@@H]4/C=C\C#Cc3ccccc3)c2c1. The van der Waals surface area contributed by atoms with Gasteiger partial charge in [0, 0.05) is 36.2 Å². The number of fused-ring (bicyclic) bond motifs is 4. The van der Waals surface area contributed by atoms with Crippen molar-refractivity contribution in [3.05, 3.63) is 84.1 Å². The first-order valence-corrected chi connectivity index (χ1v) is 12.2. The maximum atomic E-state index is 12.2. The number of ether oxygens (including phenoxy) is 2. The standard InChI is InChI=1S/C30H30N2O3/c1-21(33)35-30(26-14-16-31-28-13-12-25(34-2)19-27(26)28)29-18-23-15-17-32(29)20-24(23)11-7-6-10-22-8-4-3-5-9-22/h3-5,7-9,11-14,16,19,23-24,29-30H,15,17-18,20H2,1-2H3/b11-7-/t23-,24-,29+,30-/m0/s1. The second-order valence-electron chi connectivity index (χ2n) is 9.32. The quantitative estimate of drug-likeness (QED) is 0.384. The van der Waals surface area contributed by atoms with E-state index in [9.17, 15) is 4.79 Å². The molecule has 3 aromatic rings. The zero-order valence-electron chi connectivity index (χ0n) is 20.2. The molecule has 3 fully saturated rings. The molecule has 0 spiro atoms. The molecule has 0 saturated carbocycles. The lowest BCUT2D eigenvalue weighted by Crippen LogP contribution is -2.55. The van der Waals surface area contributed by atoms with Crippen LogP contribution in [-0.2, 0) is 9.53 Å².